The third-order valence-corrected chi connectivity index (χ3v) is 1.81. The molecule has 0 saturated carbocycles. The van der Waals surface area contributed by atoms with Crippen molar-refractivity contribution in [1.82, 2.24) is 4.98 Å². The Hall–Kier alpha value is -1.29. The second-order valence-corrected chi connectivity index (χ2v) is 2.82. The number of nitrogens with zero attached hydrogens (tertiary/aromatic N) is 1. The minimum atomic E-state index is -0.617. The molecule has 1 heterocycles. The lowest BCUT2D eigenvalue weighted by atomic mass is 10.3. The summed E-state index contributed by atoms with van der Waals surface area (Å²) in [5, 5.41) is 9.26. The summed E-state index contributed by atoms with van der Waals surface area (Å²) in [5.41, 5.74) is 0.351. The zero-order valence-corrected chi connectivity index (χ0v) is 9.92. The lowest BCUT2D eigenvalue weighted by Gasteiger charge is -2.03. The third-order valence-electron chi connectivity index (χ3n) is 1.52. The Morgan fingerprint density at radius 2 is 2.07 bits per heavy atom. The fourth-order valence-electron chi connectivity index (χ4n) is 0.811. The smallest absolute Gasteiger partial charge is 0.358 e. The number of pyridine rings is 1. The van der Waals surface area contributed by atoms with Crippen molar-refractivity contribution in [2.75, 3.05) is 7.11 Å². The minimum absolute atomic E-state index is 0.0134. The molecule has 15 heavy (non-hydrogen) atoms. The maximum absolute atomic E-state index is 11.0. The van der Waals surface area contributed by atoms with Crippen molar-refractivity contribution in [1.29, 1.82) is 0 Å². The van der Waals surface area contributed by atoms with Crippen LogP contribution in [0.25, 0.3) is 0 Å². The van der Waals surface area contributed by atoms with Gasteiger partial charge in [0.25, 0.3) is 0 Å². The molecular formula is C10H14ClNO3. The average Bonchev–Trinajstić information content (AvgIpc) is 2.25. The Morgan fingerprint density at radius 1 is 1.53 bits per heavy atom. The van der Waals surface area contributed by atoms with Crippen LogP contribution >= 0.6 is 11.6 Å². The van der Waals surface area contributed by atoms with Gasteiger partial charge in [0.05, 0.1) is 17.8 Å². The Labute approximate surface area is 93.9 Å². The molecule has 5 heteroatoms. The number of esters is 1. The molecule has 1 aromatic heterocycles. The molecule has 0 amide bonds. The van der Waals surface area contributed by atoms with Crippen LogP contribution in [0.2, 0.25) is 5.02 Å². The Balaban J connectivity index is 0.000000921. The topological polar surface area (TPSA) is 59.4 Å². The number of hydrogen-bond acceptors (Lipinski definition) is 4. The van der Waals surface area contributed by atoms with Gasteiger partial charge >= 0.3 is 5.97 Å². The van der Waals surface area contributed by atoms with Crippen LogP contribution in [-0.2, 0) is 4.74 Å². The van der Waals surface area contributed by atoms with Crippen LogP contribution in [0.1, 0.15) is 30.0 Å². The van der Waals surface area contributed by atoms with Gasteiger partial charge in [0, 0.05) is 6.07 Å². The molecule has 0 aliphatic rings. The number of hydrogen-bond donors (Lipinski definition) is 1. The molecule has 0 fully saturated rings. The summed E-state index contributed by atoms with van der Waals surface area (Å²) in [6.45, 7) is 5.57. The summed E-state index contributed by atoms with van der Waals surface area (Å²) in [6, 6.07) is 1.26. The number of rotatable bonds is 1. The van der Waals surface area contributed by atoms with Gasteiger partial charge in [0.1, 0.15) is 5.75 Å². The van der Waals surface area contributed by atoms with E-state index >= 15 is 0 Å². The molecule has 0 spiro atoms. The lowest BCUT2D eigenvalue weighted by Crippen LogP contribution is -2.06. The number of aromatic hydroxyl groups is 1. The van der Waals surface area contributed by atoms with Crippen LogP contribution in [0.5, 0.6) is 5.75 Å². The molecule has 1 aromatic rings. The van der Waals surface area contributed by atoms with E-state index in [1.54, 1.807) is 6.92 Å². The molecule has 0 atom stereocenters. The minimum Gasteiger partial charge on any atom is -0.506 e. The molecule has 0 bridgehead atoms. The first kappa shape index (κ1) is 13.7. The van der Waals surface area contributed by atoms with Crippen LogP contribution in [0.4, 0.5) is 0 Å². The van der Waals surface area contributed by atoms with Gasteiger partial charge in [0.15, 0.2) is 5.69 Å². The molecule has 0 aliphatic heterocycles. The molecule has 0 unspecified atom stereocenters. The predicted molar refractivity (Wildman–Crippen MR) is 58.3 cm³/mol. The monoisotopic (exact) mass is 231 g/mol. The predicted octanol–water partition coefficient (Wildman–Crippen LogP) is 2.56. The molecule has 84 valence electrons. The maximum Gasteiger partial charge on any atom is 0.358 e. The molecular weight excluding hydrogens is 218 g/mol. The molecule has 0 saturated heterocycles. The van der Waals surface area contributed by atoms with Gasteiger partial charge in [-0.05, 0) is 6.92 Å². The van der Waals surface area contributed by atoms with Gasteiger partial charge in [-0.3, -0.25) is 0 Å². The average molecular weight is 232 g/mol. The highest BCUT2D eigenvalue weighted by atomic mass is 35.5. The van der Waals surface area contributed by atoms with Crippen molar-refractivity contribution in [3.8, 4) is 5.75 Å². The first-order valence-corrected chi connectivity index (χ1v) is 4.88. The van der Waals surface area contributed by atoms with E-state index in [0.29, 0.717) is 5.69 Å². The van der Waals surface area contributed by atoms with Gasteiger partial charge < -0.3 is 9.84 Å². The van der Waals surface area contributed by atoms with Gasteiger partial charge in [-0.25, -0.2) is 9.78 Å². The fourth-order valence-corrected chi connectivity index (χ4v) is 1.03. The number of halogens is 1. The van der Waals surface area contributed by atoms with Crippen molar-refractivity contribution in [2.24, 2.45) is 0 Å². The Kier molecular flexibility index (Phi) is 5.70. The summed E-state index contributed by atoms with van der Waals surface area (Å²) >= 11 is 5.65. The van der Waals surface area contributed by atoms with E-state index in [1.165, 1.54) is 13.2 Å². The third kappa shape index (κ3) is 3.40. The highest BCUT2D eigenvalue weighted by Crippen LogP contribution is 2.22. The zero-order chi connectivity index (χ0) is 12.0. The van der Waals surface area contributed by atoms with Crippen molar-refractivity contribution in [2.45, 2.75) is 20.8 Å². The SMILES string of the molecule is CC.COC(=O)c1nc(C)c(O)cc1Cl. The lowest BCUT2D eigenvalue weighted by molar-refractivity contribution is 0.0594. The van der Waals surface area contributed by atoms with Gasteiger partial charge in [-0.1, -0.05) is 25.4 Å². The van der Waals surface area contributed by atoms with E-state index in [1.807, 2.05) is 13.8 Å². The van der Waals surface area contributed by atoms with Crippen LogP contribution in [0.15, 0.2) is 6.07 Å². The van der Waals surface area contributed by atoms with E-state index in [4.69, 9.17) is 11.6 Å². The summed E-state index contributed by atoms with van der Waals surface area (Å²) in [7, 11) is 1.24. The van der Waals surface area contributed by atoms with Gasteiger partial charge in [-0.2, -0.15) is 0 Å². The summed E-state index contributed by atoms with van der Waals surface area (Å²) in [6.07, 6.45) is 0. The second kappa shape index (κ2) is 6.24. The van der Waals surface area contributed by atoms with Crippen LogP contribution in [0.3, 0.4) is 0 Å². The Bertz CT molecular complexity index is 353. The molecule has 1 rings (SSSR count). The quantitative estimate of drug-likeness (QED) is 0.755. The highest BCUT2D eigenvalue weighted by molar-refractivity contribution is 6.33. The molecule has 1 N–H and O–H groups in total. The van der Waals surface area contributed by atoms with Crippen LogP contribution in [0, 0.1) is 6.92 Å². The second-order valence-electron chi connectivity index (χ2n) is 2.41. The first-order chi connectivity index (χ1) is 7.06. The van der Waals surface area contributed by atoms with Crippen molar-refractivity contribution < 1.29 is 14.6 Å². The highest BCUT2D eigenvalue weighted by Gasteiger charge is 2.14. The largest absolute Gasteiger partial charge is 0.506 e. The number of carbonyl (C=O) groups excluding carboxylic acids is 1. The molecule has 0 aliphatic carbocycles. The fraction of sp³-hybridized carbons (Fsp3) is 0.400. The number of carbonyl (C=O) groups is 1. The summed E-state index contributed by atoms with van der Waals surface area (Å²) in [4.78, 5) is 14.8. The number of ether oxygens (including phenoxy) is 1. The van der Waals surface area contributed by atoms with Crippen molar-refractivity contribution in [3.05, 3.63) is 22.5 Å². The van der Waals surface area contributed by atoms with E-state index < -0.39 is 5.97 Å². The maximum atomic E-state index is 11.0. The van der Waals surface area contributed by atoms with E-state index in [9.17, 15) is 9.90 Å². The van der Waals surface area contributed by atoms with E-state index in [0.717, 1.165) is 0 Å². The molecule has 4 nitrogen and oxygen atoms in total. The van der Waals surface area contributed by atoms with Gasteiger partial charge in [0.2, 0.25) is 0 Å². The number of aryl methyl sites for hydroxylation is 1. The summed E-state index contributed by atoms with van der Waals surface area (Å²) < 4.78 is 4.44. The van der Waals surface area contributed by atoms with Crippen molar-refractivity contribution >= 4 is 17.6 Å². The zero-order valence-electron chi connectivity index (χ0n) is 9.17. The molecule has 0 radical (unpaired) electrons. The molecule has 0 aromatic carbocycles. The Morgan fingerprint density at radius 3 is 2.53 bits per heavy atom. The number of aromatic nitrogens is 1. The first-order valence-electron chi connectivity index (χ1n) is 4.50. The van der Waals surface area contributed by atoms with E-state index in [-0.39, 0.29) is 16.5 Å². The van der Waals surface area contributed by atoms with Crippen molar-refractivity contribution in [3.63, 3.8) is 0 Å². The number of methoxy groups -OCH3 is 1. The normalized spacial score (nSPS) is 8.87. The summed E-state index contributed by atoms with van der Waals surface area (Å²) in [5.74, 6) is -0.661. The van der Waals surface area contributed by atoms with E-state index in [2.05, 4.69) is 9.72 Å². The van der Waals surface area contributed by atoms with Crippen LogP contribution < -0.4 is 0 Å². The van der Waals surface area contributed by atoms with Gasteiger partial charge in [-0.15, -0.1) is 0 Å². The standard InChI is InChI=1S/C8H8ClNO3.C2H6/c1-4-6(11)3-5(9)7(10-4)8(12)13-2;1-2/h3,11H,1-2H3;1-2H3. The van der Waals surface area contributed by atoms with Crippen LogP contribution in [-0.4, -0.2) is 23.2 Å².